The normalized spacial score (nSPS) is 12.2. The molecule has 1 heterocycles. The van der Waals surface area contributed by atoms with Crippen LogP contribution < -0.4 is 4.90 Å². The molecule has 3 rings (SSSR count). The maximum atomic E-state index is 13.0. The number of benzene rings is 2. The molecule has 3 aromatic rings. The smallest absolute Gasteiger partial charge is 0.315 e. The first-order chi connectivity index (χ1) is 13.4. The lowest BCUT2D eigenvalue weighted by atomic mass is 10.2. The minimum atomic E-state index is -5.74. The van der Waals surface area contributed by atoms with Crippen LogP contribution in [0.4, 0.5) is 32.0 Å². The van der Waals surface area contributed by atoms with Gasteiger partial charge in [0.05, 0.1) is 16.9 Å². The van der Waals surface area contributed by atoms with Gasteiger partial charge in [-0.1, -0.05) is 29.8 Å². The van der Waals surface area contributed by atoms with Crippen molar-refractivity contribution in [2.75, 3.05) is 4.90 Å². The first-order valence-electron chi connectivity index (χ1n) is 7.79. The van der Waals surface area contributed by atoms with Gasteiger partial charge in [-0.25, -0.2) is 4.90 Å². The number of aromatic nitrogens is 1. The molecule has 0 atom stereocenters. The average Bonchev–Trinajstić information content (AvgIpc) is 3.04. The van der Waals surface area contributed by atoms with Crippen molar-refractivity contribution < 1.29 is 35.9 Å². The molecule has 0 aliphatic heterocycles. The van der Waals surface area contributed by atoms with Crippen LogP contribution in [0.5, 0.6) is 0 Å². The Morgan fingerprint density at radius 1 is 0.862 bits per heavy atom. The molecule has 0 saturated carbocycles. The van der Waals surface area contributed by atoms with Crippen molar-refractivity contribution in [1.82, 2.24) is 4.57 Å². The summed E-state index contributed by atoms with van der Waals surface area (Å²) in [5, 5.41) is 0.361. The summed E-state index contributed by atoms with van der Waals surface area (Å²) >= 11 is 5.76. The summed E-state index contributed by atoms with van der Waals surface area (Å²) in [6.07, 6.45) is -10.1. The molecule has 152 valence electrons. The number of para-hydroxylation sites is 1. The lowest BCUT2D eigenvalue weighted by molar-refractivity contribution is -0.181. The number of hydrogen-bond donors (Lipinski definition) is 0. The number of fused-ring (bicyclic) bond motifs is 1. The maximum absolute atomic E-state index is 13.0. The third-order valence-corrected chi connectivity index (χ3v) is 4.16. The highest BCUT2D eigenvalue weighted by Crippen LogP contribution is 2.36. The van der Waals surface area contributed by atoms with E-state index in [0.29, 0.717) is 17.0 Å². The summed E-state index contributed by atoms with van der Waals surface area (Å²) in [6, 6.07) is 11.1. The van der Waals surface area contributed by atoms with Crippen molar-refractivity contribution in [2.24, 2.45) is 0 Å². The van der Waals surface area contributed by atoms with Crippen LogP contribution >= 0.6 is 11.6 Å². The fourth-order valence-electron chi connectivity index (χ4n) is 2.74. The second-order valence-corrected chi connectivity index (χ2v) is 6.26. The van der Waals surface area contributed by atoms with Crippen molar-refractivity contribution in [2.45, 2.75) is 12.4 Å². The summed E-state index contributed by atoms with van der Waals surface area (Å²) in [7, 11) is 0. The molecule has 11 heteroatoms. The Morgan fingerprint density at radius 3 is 2.03 bits per heavy atom. The van der Waals surface area contributed by atoms with Crippen LogP contribution in [0, 0.1) is 0 Å². The van der Waals surface area contributed by atoms with Gasteiger partial charge in [-0.05, 0) is 35.7 Å². The van der Waals surface area contributed by atoms with Crippen molar-refractivity contribution in [3.8, 4) is 5.69 Å². The molecule has 0 saturated heterocycles. The Balaban J connectivity index is 2.30. The van der Waals surface area contributed by atoms with E-state index >= 15 is 0 Å². The van der Waals surface area contributed by atoms with Gasteiger partial charge in [-0.3, -0.25) is 9.59 Å². The van der Waals surface area contributed by atoms with Crippen LogP contribution in [0.2, 0.25) is 5.02 Å². The molecule has 1 aromatic heterocycles. The molecule has 0 aliphatic rings. The molecule has 0 bridgehead atoms. The van der Waals surface area contributed by atoms with E-state index in [9.17, 15) is 35.9 Å². The van der Waals surface area contributed by atoms with Gasteiger partial charge < -0.3 is 4.57 Å². The molecule has 0 radical (unpaired) electrons. The molecule has 0 spiro atoms. The number of hydrogen-bond acceptors (Lipinski definition) is 2. The molecular weight excluding hydrogens is 426 g/mol. The van der Waals surface area contributed by atoms with Crippen molar-refractivity contribution in [3.05, 3.63) is 59.8 Å². The van der Waals surface area contributed by atoms with Gasteiger partial charge in [0.2, 0.25) is 0 Å². The van der Waals surface area contributed by atoms with Gasteiger partial charge in [-0.2, -0.15) is 26.3 Å². The fourth-order valence-corrected chi connectivity index (χ4v) is 2.90. The van der Waals surface area contributed by atoms with Gasteiger partial charge >= 0.3 is 24.2 Å². The average molecular weight is 435 g/mol. The maximum Gasteiger partial charge on any atom is 0.472 e. The number of amides is 2. The summed E-state index contributed by atoms with van der Waals surface area (Å²) in [5.74, 6) is -5.97. The van der Waals surface area contributed by atoms with Crippen LogP contribution in [0.3, 0.4) is 0 Å². The van der Waals surface area contributed by atoms with E-state index in [0.717, 1.165) is 6.07 Å². The number of nitrogens with zero attached hydrogens (tertiary/aromatic N) is 2. The quantitative estimate of drug-likeness (QED) is 0.516. The largest absolute Gasteiger partial charge is 0.472 e. The third-order valence-electron chi connectivity index (χ3n) is 3.93. The number of alkyl halides is 6. The monoisotopic (exact) mass is 434 g/mol. The van der Waals surface area contributed by atoms with E-state index in [1.165, 1.54) is 16.8 Å². The van der Waals surface area contributed by atoms with Crippen LogP contribution in [-0.2, 0) is 9.59 Å². The Labute approximate surface area is 163 Å². The van der Waals surface area contributed by atoms with E-state index in [2.05, 4.69) is 0 Å². The van der Waals surface area contributed by atoms with E-state index in [4.69, 9.17) is 11.6 Å². The van der Waals surface area contributed by atoms with E-state index in [1.807, 2.05) is 0 Å². The van der Waals surface area contributed by atoms with Crippen LogP contribution in [-0.4, -0.2) is 28.7 Å². The van der Waals surface area contributed by atoms with Crippen molar-refractivity contribution >= 4 is 40.0 Å². The Morgan fingerprint density at radius 2 is 1.45 bits per heavy atom. The molecule has 0 fully saturated rings. The first kappa shape index (κ1) is 20.7. The standard InChI is InChI=1S/C18H9ClF6N2O2/c19-11-5-6-13(26-8-7-10-3-1-2-4-12(10)26)14(9-11)27(15(28)17(20,21)22)16(29)18(23,24)25/h1-9H. The molecule has 29 heavy (non-hydrogen) atoms. The molecule has 0 N–H and O–H groups in total. The van der Waals surface area contributed by atoms with Gasteiger partial charge in [0.15, 0.2) is 0 Å². The third kappa shape index (κ3) is 3.93. The van der Waals surface area contributed by atoms with Crippen molar-refractivity contribution in [1.29, 1.82) is 0 Å². The van der Waals surface area contributed by atoms with E-state index in [1.54, 1.807) is 30.3 Å². The highest BCUT2D eigenvalue weighted by molar-refractivity contribution is 6.31. The van der Waals surface area contributed by atoms with Gasteiger partial charge in [0.25, 0.3) is 0 Å². The zero-order chi connectivity index (χ0) is 21.6. The lowest BCUT2D eigenvalue weighted by Gasteiger charge is -2.25. The SMILES string of the molecule is O=C(N(C(=O)C(F)(F)F)c1cc(Cl)ccc1-n1ccc2ccccc21)C(F)(F)F. The molecule has 0 aliphatic carbocycles. The second kappa shape index (κ2) is 7.11. The minimum Gasteiger partial charge on any atom is -0.315 e. The minimum absolute atomic E-state index is 0.268. The van der Waals surface area contributed by atoms with Crippen LogP contribution in [0.15, 0.2) is 54.7 Å². The number of rotatable bonds is 2. The first-order valence-corrected chi connectivity index (χ1v) is 8.17. The number of anilines is 1. The molecule has 0 unspecified atom stereocenters. The predicted octanol–water partition coefficient (Wildman–Crippen LogP) is 5.27. The number of halogens is 7. The lowest BCUT2D eigenvalue weighted by Crippen LogP contribution is -2.50. The number of carbonyl (C=O) groups is 2. The highest BCUT2D eigenvalue weighted by Gasteiger charge is 2.53. The van der Waals surface area contributed by atoms with Gasteiger partial charge in [0.1, 0.15) is 0 Å². The topological polar surface area (TPSA) is 42.3 Å². The Bertz CT molecular complexity index is 1080. The number of carbonyl (C=O) groups excluding carboxylic acids is 2. The van der Waals surface area contributed by atoms with Crippen LogP contribution in [0.25, 0.3) is 16.6 Å². The second-order valence-electron chi connectivity index (χ2n) is 5.82. The summed E-state index contributed by atoms with van der Waals surface area (Å²) in [5.41, 5.74) is -0.802. The van der Waals surface area contributed by atoms with Crippen LogP contribution in [0.1, 0.15) is 0 Å². The van der Waals surface area contributed by atoms with E-state index in [-0.39, 0.29) is 10.7 Å². The zero-order valence-electron chi connectivity index (χ0n) is 14.1. The fraction of sp³-hybridized carbons (Fsp3) is 0.111. The molecular formula is C18H9ClF6N2O2. The summed E-state index contributed by atoms with van der Waals surface area (Å²) in [4.78, 5) is 22.6. The molecule has 2 aromatic carbocycles. The highest BCUT2D eigenvalue weighted by atomic mass is 35.5. The Hall–Kier alpha value is -3.01. The molecule has 2 amide bonds. The molecule has 4 nitrogen and oxygen atoms in total. The Kier molecular flexibility index (Phi) is 5.08. The number of imide groups is 1. The van der Waals surface area contributed by atoms with E-state index < -0.39 is 34.8 Å². The summed E-state index contributed by atoms with van der Waals surface area (Å²) < 4.78 is 79.3. The predicted molar refractivity (Wildman–Crippen MR) is 92.9 cm³/mol. The van der Waals surface area contributed by atoms with Crippen molar-refractivity contribution in [3.63, 3.8) is 0 Å². The zero-order valence-corrected chi connectivity index (χ0v) is 14.8. The van der Waals surface area contributed by atoms with Gasteiger partial charge in [0, 0.05) is 11.2 Å². The van der Waals surface area contributed by atoms with Gasteiger partial charge in [-0.15, -0.1) is 0 Å². The summed E-state index contributed by atoms with van der Waals surface area (Å²) in [6.45, 7) is 0.